The summed E-state index contributed by atoms with van der Waals surface area (Å²) in [5.74, 6) is -0.926. The summed E-state index contributed by atoms with van der Waals surface area (Å²) in [4.78, 5) is 10.5. The van der Waals surface area contributed by atoms with E-state index in [1.54, 1.807) is 6.08 Å². The Hall–Kier alpha value is -2.03. The summed E-state index contributed by atoms with van der Waals surface area (Å²) >= 11 is 0. The third kappa shape index (κ3) is 1.60. The molecule has 0 saturated heterocycles. The van der Waals surface area contributed by atoms with Gasteiger partial charge < -0.3 is 9.67 Å². The minimum absolute atomic E-state index is 0.926. The van der Waals surface area contributed by atoms with E-state index in [1.165, 1.54) is 6.08 Å². The molecule has 0 bridgehead atoms. The first-order chi connectivity index (χ1) is 7.61. The average Bonchev–Trinajstić information content (AvgIpc) is 2.50. The van der Waals surface area contributed by atoms with Crippen LogP contribution in [0, 0.1) is 6.92 Å². The van der Waals surface area contributed by atoms with Gasteiger partial charge in [-0.2, -0.15) is 0 Å². The number of para-hydroxylation sites is 1. The van der Waals surface area contributed by atoms with E-state index in [2.05, 4.69) is 0 Å². The zero-order valence-corrected chi connectivity index (χ0v) is 9.27. The Kier molecular flexibility index (Phi) is 2.52. The van der Waals surface area contributed by atoms with Crippen LogP contribution in [-0.4, -0.2) is 15.6 Å². The minimum atomic E-state index is -0.926. The Morgan fingerprint density at radius 3 is 2.69 bits per heavy atom. The molecular weight excluding hydrogens is 202 g/mol. The predicted molar refractivity (Wildman–Crippen MR) is 64.3 cm³/mol. The molecule has 2 aromatic rings. The maximum Gasteiger partial charge on any atom is 0.328 e. The summed E-state index contributed by atoms with van der Waals surface area (Å²) in [5, 5.41) is 9.80. The van der Waals surface area contributed by atoms with E-state index < -0.39 is 5.97 Å². The lowest BCUT2D eigenvalue weighted by molar-refractivity contribution is -0.131. The number of benzene rings is 1. The fourth-order valence-electron chi connectivity index (χ4n) is 1.99. The number of carbonyl (C=O) groups is 1. The number of hydrogen-bond acceptors (Lipinski definition) is 1. The van der Waals surface area contributed by atoms with Crippen LogP contribution >= 0.6 is 0 Å². The van der Waals surface area contributed by atoms with Gasteiger partial charge in [0.2, 0.25) is 0 Å². The molecule has 0 aliphatic carbocycles. The maximum atomic E-state index is 10.5. The maximum absolute atomic E-state index is 10.5. The van der Waals surface area contributed by atoms with Gasteiger partial charge in [-0.25, -0.2) is 4.79 Å². The molecule has 82 valence electrons. The molecule has 16 heavy (non-hydrogen) atoms. The van der Waals surface area contributed by atoms with Crippen molar-refractivity contribution >= 4 is 22.9 Å². The van der Waals surface area contributed by atoms with Crippen molar-refractivity contribution in [3.63, 3.8) is 0 Å². The third-order valence-corrected chi connectivity index (χ3v) is 2.80. The summed E-state index contributed by atoms with van der Waals surface area (Å²) in [6, 6.07) is 8.04. The zero-order chi connectivity index (χ0) is 11.7. The van der Waals surface area contributed by atoms with Crippen LogP contribution in [-0.2, 0) is 11.8 Å². The number of nitrogens with zero attached hydrogens (tertiary/aromatic N) is 1. The number of rotatable bonds is 2. The number of fused-ring (bicyclic) bond motifs is 1. The Morgan fingerprint density at radius 1 is 1.38 bits per heavy atom. The number of aryl methyl sites for hydroxylation is 2. The molecule has 2 rings (SSSR count). The van der Waals surface area contributed by atoms with Crippen LogP contribution in [0.5, 0.6) is 0 Å². The van der Waals surface area contributed by atoms with Gasteiger partial charge in [0.1, 0.15) is 0 Å². The normalized spacial score (nSPS) is 11.4. The molecule has 0 aliphatic rings. The molecule has 3 heteroatoms. The van der Waals surface area contributed by atoms with E-state index in [1.807, 2.05) is 42.8 Å². The Balaban J connectivity index is 2.66. The number of carboxylic acids is 1. The molecule has 0 spiro atoms. The largest absolute Gasteiger partial charge is 0.478 e. The highest BCUT2D eigenvalue weighted by Gasteiger charge is 2.08. The van der Waals surface area contributed by atoms with Crippen molar-refractivity contribution in [3.05, 3.63) is 41.6 Å². The summed E-state index contributed by atoms with van der Waals surface area (Å²) in [5.41, 5.74) is 3.16. The second-order valence-corrected chi connectivity index (χ2v) is 3.76. The zero-order valence-electron chi connectivity index (χ0n) is 9.27. The third-order valence-electron chi connectivity index (χ3n) is 2.80. The Labute approximate surface area is 93.6 Å². The van der Waals surface area contributed by atoms with Gasteiger partial charge in [-0.3, -0.25) is 0 Å². The van der Waals surface area contributed by atoms with Gasteiger partial charge in [0.05, 0.1) is 0 Å². The molecule has 1 heterocycles. The summed E-state index contributed by atoms with van der Waals surface area (Å²) in [6.45, 7) is 2.00. The number of carboxylic acid groups (broad SMARTS) is 1. The van der Waals surface area contributed by atoms with Crippen LogP contribution in [0.25, 0.3) is 17.0 Å². The summed E-state index contributed by atoms with van der Waals surface area (Å²) < 4.78 is 2.00. The van der Waals surface area contributed by atoms with Crippen molar-refractivity contribution in [1.29, 1.82) is 0 Å². The highest BCUT2D eigenvalue weighted by atomic mass is 16.4. The van der Waals surface area contributed by atoms with Gasteiger partial charge in [-0.15, -0.1) is 0 Å². The first-order valence-electron chi connectivity index (χ1n) is 5.06. The molecule has 1 N–H and O–H groups in total. The minimum Gasteiger partial charge on any atom is -0.478 e. The SMILES string of the molecule is Cc1c(/C=C/C(=O)O)n(C)c2ccccc12. The Bertz CT molecular complexity index is 540. The summed E-state index contributed by atoms with van der Waals surface area (Å²) in [7, 11) is 1.94. The highest BCUT2D eigenvalue weighted by molar-refractivity contribution is 5.91. The fourth-order valence-corrected chi connectivity index (χ4v) is 1.99. The van der Waals surface area contributed by atoms with Crippen LogP contribution in [0.15, 0.2) is 30.3 Å². The van der Waals surface area contributed by atoms with Gasteiger partial charge in [0.15, 0.2) is 0 Å². The average molecular weight is 215 g/mol. The molecule has 0 radical (unpaired) electrons. The van der Waals surface area contributed by atoms with Crippen molar-refractivity contribution in [2.75, 3.05) is 0 Å². The molecule has 0 amide bonds. The quantitative estimate of drug-likeness (QED) is 0.782. The number of hydrogen-bond donors (Lipinski definition) is 1. The molecule has 0 unspecified atom stereocenters. The standard InChI is InChI=1S/C13H13NO2/c1-9-10-5-3-4-6-12(10)14(2)11(9)7-8-13(15)16/h3-8H,1-2H3,(H,15,16)/b8-7+. The number of aromatic nitrogens is 1. The molecular formula is C13H13NO2. The van der Waals surface area contributed by atoms with E-state index >= 15 is 0 Å². The van der Waals surface area contributed by atoms with Crippen LogP contribution in [0.2, 0.25) is 0 Å². The van der Waals surface area contributed by atoms with Gasteiger partial charge in [-0.1, -0.05) is 18.2 Å². The Morgan fingerprint density at radius 2 is 2.06 bits per heavy atom. The van der Waals surface area contributed by atoms with Crippen LogP contribution in [0.4, 0.5) is 0 Å². The van der Waals surface area contributed by atoms with Gasteiger partial charge >= 0.3 is 5.97 Å². The lowest BCUT2D eigenvalue weighted by Gasteiger charge is -1.98. The van der Waals surface area contributed by atoms with Crippen molar-refractivity contribution in [2.24, 2.45) is 7.05 Å². The molecule has 3 nitrogen and oxygen atoms in total. The van der Waals surface area contributed by atoms with Gasteiger partial charge in [0.25, 0.3) is 0 Å². The van der Waals surface area contributed by atoms with E-state index in [0.29, 0.717) is 0 Å². The van der Waals surface area contributed by atoms with Crippen LogP contribution in [0.1, 0.15) is 11.3 Å². The summed E-state index contributed by atoms with van der Waals surface area (Å²) in [6.07, 6.45) is 2.80. The number of aliphatic carboxylic acids is 1. The van der Waals surface area contributed by atoms with E-state index in [0.717, 1.165) is 22.2 Å². The molecule has 0 saturated carbocycles. The van der Waals surface area contributed by atoms with Crippen molar-refractivity contribution in [1.82, 2.24) is 4.57 Å². The molecule has 0 fully saturated rings. The lowest BCUT2D eigenvalue weighted by Crippen LogP contribution is -1.93. The van der Waals surface area contributed by atoms with Crippen molar-refractivity contribution in [2.45, 2.75) is 6.92 Å². The molecule has 0 aliphatic heterocycles. The van der Waals surface area contributed by atoms with E-state index in [4.69, 9.17) is 5.11 Å². The van der Waals surface area contributed by atoms with E-state index in [-0.39, 0.29) is 0 Å². The second kappa shape index (κ2) is 3.85. The first kappa shape index (κ1) is 10.5. The predicted octanol–water partition coefficient (Wildman–Crippen LogP) is 2.58. The lowest BCUT2D eigenvalue weighted by atomic mass is 10.1. The van der Waals surface area contributed by atoms with Gasteiger partial charge in [0, 0.05) is 29.7 Å². The van der Waals surface area contributed by atoms with Crippen LogP contribution in [0.3, 0.4) is 0 Å². The fraction of sp³-hybridized carbons (Fsp3) is 0.154. The van der Waals surface area contributed by atoms with Crippen LogP contribution < -0.4 is 0 Å². The topological polar surface area (TPSA) is 42.2 Å². The molecule has 1 aromatic carbocycles. The smallest absolute Gasteiger partial charge is 0.328 e. The van der Waals surface area contributed by atoms with E-state index in [9.17, 15) is 4.79 Å². The molecule has 1 aromatic heterocycles. The molecule has 0 atom stereocenters. The second-order valence-electron chi connectivity index (χ2n) is 3.76. The van der Waals surface area contributed by atoms with Gasteiger partial charge in [-0.05, 0) is 24.6 Å². The van der Waals surface area contributed by atoms with Crippen molar-refractivity contribution < 1.29 is 9.90 Å². The first-order valence-corrected chi connectivity index (χ1v) is 5.06. The monoisotopic (exact) mass is 215 g/mol. The van der Waals surface area contributed by atoms with Crippen molar-refractivity contribution in [3.8, 4) is 0 Å². The highest BCUT2D eigenvalue weighted by Crippen LogP contribution is 2.25.